The Kier molecular flexibility index (Phi) is 6.92. The molecule has 188 valence electrons. The highest BCUT2D eigenvalue weighted by Gasteiger charge is 2.38. The molecule has 1 atom stereocenters. The molecule has 0 fully saturated rings. The van der Waals surface area contributed by atoms with Crippen LogP contribution in [0.3, 0.4) is 0 Å². The first kappa shape index (κ1) is 25.1. The van der Waals surface area contributed by atoms with Crippen LogP contribution in [-0.4, -0.2) is 41.1 Å². The van der Waals surface area contributed by atoms with Crippen molar-refractivity contribution in [1.82, 2.24) is 4.90 Å². The Balaban J connectivity index is 1.63. The maximum Gasteiger partial charge on any atom is 0.323 e. The molecule has 3 aromatic rings. The molecule has 0 bridgehead atoms. The van der Waals surface area contributed by atoms with Crippen LogP contribution in [0.2, 0.25) is 0 Å². The third-order valence-electron chi connectivity index (χ3n) is 5.94. The summed E-state index contributed by atoms with van der Waals surface area (Å²) in [7, 11) is 1.41. The molecule has 36 heavy (non-hydrogen) atoms. The van der Waals surface area contributed by atoms with E-state index < -0.39 is 35.7 Å². The predicted octanol–water partition coefficient (Wildman–Crippen LogP) is 4.78. The van der Waals surface area contributed by atoms with Gasteiger partial charge in [0, 0.05) is 36.6 Å². The fourth-order valence-electron chi connectivity index (χ4n) is 4.48. The van der Waals surface area contributed by atoms with Crippen molar-refractivity contribution in [2.24, 2.45) is 0 Å². The number of nitrogens with zero attached hydrogens (tertiary/aromatic N) is 1. The Bertz CT molecular complexity index is 1310. The second kappa shape index (κ2) is 9.93. The van der Waals surface area contributed by atoms with Crippen LogP contribution in [0.1, 0.15) is 34.0 Å². The van der Waals surface area contributed by atoms with Crippen LogP contribution in [0.5, 0.6) is 11.5 Å². The number of fused-ring (bicyclic) bond motifs is 1. The molecular formula is C27H24F3NO5. The Morgan fingerprint density at radius 3 is 2.42 bits per heavy atom. The van der Waals surface area contributed by atoms with Gasteiger partial charge in [0.2, 0.25) is 0 Å². The molecule has 0 saturated heterocycles. The molecule has 1 N–H and O–H groups in total. The monoisotopic (exact) mass is 499 g/mol. The van der Waals surface area contributed by atoms with Crippen LogP contribution >= 0.6 is 0 Å². The van der Waals surface area contributed by atoms with E-state index in [1.807, 2.05) is 6.92 Å². The van der Waals surface area contributed by atoms with Gasteiger partial charge in [0.15, 0.2) is 11.5 Å². The summed E-state index contributed by atoms with van der Waals surface area (Å²) < 4.78 is 53.2. The number of carbonyl (C=O) groups excluding carboxylic acids is 1. The number of benzene rings is 3. The molecule has 9 heteroatoms. The fourth-order valence-corrected chi connectivity index (χ4v) is 4.48. The number of carboxylic acids is 1. The molecule has 0 aliphatic carbocycles. The van der Waals surface area contributed by atoms with Gasteiger partial charge < -0.3 is 19.5 Å². The highest BCUT2D eigenvalue weighted by atomic mass is 19.1. The van der Waals surface area contributed by atoms with E-state index >= 15 is 0 Å². The van der Waals surface area contributed by atoms with Gasteiger partial charge in [0.05, 0.1) is 7.11 Å². The van der Waals surface area contributed by atoms with E-state index in [9.17, 15) is 27.9 Å². The van der Waals surface area contributed by atoms with E-state index in [0.717, 1.165) is 17.0 Å². The molecule has 1 aliphatic heterocycles. The molecule has 0 saturated carbocycles. The Labute approximate surface area is 205 Å². The van der Waals surface area contributed by atoms with Crippen LogP contribution in [-0.2, 0) is 24.2 Å². The summed E-state index contributed by atoms with van der Waals surface area (Å²) in [6, 6.07) is 12.2. The highest BCUT2D eigenvalue weighted by Crippen LogP contribution is 2.44. The summed E-state index contributed by atoms with van der Waals surface area (Å²) >= 11 is 0. The lowest BCUT2D eigenvalue weighted by Crippen LogP contribution is -2.35. The zero-order valence-corrected chi connectivity index (χ0v) is 19.7. The lowest BCUT2D eigenvalue weighted by atomic mass is 9.91. The number of amides is 1. The van der Waals surface area contributed by atoms with Gasteiger partial charge in [-0.1, -0.05) is 18.2 Å². The molecule has 1 aliphatic rings. The number of rotatable bonds is 8. The summed E-state index contributed by atoms with van der Waals surface area (Å²) in [5.74, 6) is -3.28. The number of aliphatic carboxylic acids is 1. The molecular weight excluding hydrogens is 475 g/mol. The highest BCUT2D eigenvalue weighted by molar-refractivity contribution is 5.97. The second-order valence-electron chi connectivity index (χ2n) is 9.00. The minimum Gasteiger partial charge on any atom is -0.493 e. The van der Waals surface area contributed by atoms with Gasteiger partial charge in [-0.25, -0.2) is 13.2 Å². The van der Waals surface area contributed by atoms with Crippen LogP contribution in [0.4, 0.5) is 13.2 Å². The SMILES string of the molecule is COc1cc(C(=O)N(CC(=O)O)Cc2cc(F)cc(F)c2)cc2c1OC(C)(Cc1ccccc1F)C2. The molecule has 6 nitrogen and oxygen atoms in total. The summed E-state index contributed by atoms with van der Waals surface area (Å²) in [5, 5.41) is 9.34. The standard InChI is InChI=1S/C27H24F3NO5/c1-27(12-17-5-3-4-6-22(17)30)13-19-9-18(10-23(35-2)25(19)36-27)26(34)31(15-24(32)33)14-16-7-20(28)11-21(29)8-16/h3-11H,12-15H2,1-2H3,(H,32,33). The minimum absolute atomic E-state index is 0.107. The molecule has 1 amide bonds. The maximum absolute atomic E-state index is 14.3. The molecule has 0 aromatic heterocycles. The number of hydrogen-bond donors (Lipinski definition) is 1. The first-order chi connectivity index (χ1) is 17.1. The molecule has 4 rings (SSSR count). The van der Waals surface area contributed by atoms with E-state index in [1.165, 1.54) is 19.2 Å². The van der Waals surface area contributed by atoms with Gasteiger partial charge in [-0.05, 0) is 48.4 Å². The molecule has 0 spiro atoms. The van der Waals surface area contributed by atoms with Crippen molar-refractivity contribution in [2.45, 2.75) is 31.9 Å². The first-order valence-electron chi connectivity index (χ1n) is 11.2. The second-order valence-corrected chi connectivity index (χ2v) is 9.00. The molecule has 1 heterocycles. The van der Waals surface area contributed by atoms with Crippen molar-refractivity contribution in [1.29, 1.82) is 0 Å². The fraction of sp³-hybridized carbons (Fsp3) is 0.259. The summed E-state index contributed by atoms with van der Waals surface area (Å²) in [6.45, 7) is 0.828. The Morgan fingerprint density at radius 1 is 1.08 bits per heavy atom. The van der Waals surface area contributed by atoms with E-state index in [1.54, 1.807) is 24.3 Å². The maximum atomic E-state index is 14.3. The average molecular weight is 499 g/mol. The summed E-state index contributed by atoms with van der Waals surface area (Å²) in [6.07, 6.45) is 0.624. The van der Waals surface area contributed by atoms with Gasteiger partial charge in [-0.2, -0.15) is 0 Å². The predicted molar refractivity (Wildman–Crippen MR) is 125 cm³/mol. The largest absolute Gasteiger partial charge is 0.493 e. The van der Waals surface area contributed by atoms with Crippen molar-refractivity contribution in [3.05, 3.63) is 94.3 Å². The van der Waals surface area contributed by atoms with E-state index in [4.69, 9.17) is 9.47 Å². The van der Waals surface area contributed by atoms with Gasteiger partial charge in [0.25, 0.3) is 5.91 Å². The van der Waals surface area contributed by atoms with E-state index in [0.29, 0.717) is 29.4 Å². The first-order valence-corrected chi connectivity index (χ1v) is 11.2. The van der Waals surface area contributed by atoms with Crippen molar-refractivity contribution < 1.29 is 37.3 Å². The zero-order valence-electron chi connectivity index (χ0n) is 19.7. The van der Waals surface area contributed by atoms with Crippen LogP contribution < -0.4 is 9.47 Å². The summed E-state index contributed by atoms with van der Waals surface area (Å²) in [5.41, 5.74) is 0.555. The van der Waals surface area contributed by atoms with Crippen molar-refractivity contribution in [3.8, 4) is 11.5 Å². The number of carboxylic acid groups (broad SMARTS) is 1. The van der Waals surface area contributed by atoms with E-state index in [-0.39, 0.29) is 35.7 Å². The molecule has 0 radical (unpaired) electrons. The smallest absolute Gasteiger partial charge is 0.323 e. The Hall–Kier alpha value is -4.01. The minimum atomic E-state index is -1.28. The van der Waals surface area contributed by atoms with Crippen LogP contribution in [0.15, 0.2) is 54.6 Å². The average Bonchev–Trinajstić information content (AvgIpc) is 3.14. The normalized spacial score (nSPS) is 16.2. The van der Waals surface area contributed by atoms with Crippen molar-refractivity contribution in [2.75, 3.05) is 13.7 Å². The lowest BCUT2D eigenvalue weighted by Gasteiger charge is -2.24. The number of halogens is 3. The third kappa shape index (κ3) is 5.45. The number of methoxy groups -OCH3 is 1. The Morgan fingerprint density at radius 2 is 1.78 bits per heavy atom. The molecule has 3 aromatic carbocycles. The van der Waals surface area contributed by atoms with Crippen molar-refractivity contribution in [3.63, 3.8) is 0 Å². The van der Waals surface area contributed by atoms with Gasteiger partial charge in [0.1, 0.15) is 29.6 Å². The lowest BCUT2D eigenvalue weighted by molar-refractivity contribution is -0.137. The zero-order chi connectivity index (χ0) is 26.0. The third-order valence-corrected chi connectivity index (χ3v) is 5.94. The van der Waals surface area contributed by atoms with Crippen molar-refractivity contribution >= 4 is 11.9 Å². The topological polar surface area (TPSA) is 76.1 Å². The quantitative estimate of drug-likeness (QED) is 0.483. The van der Waals surface area contributed by atoms with Gasteiger partial charge >= 0.3 is 5.97 Å². The van der Waals surface area contributed by atoms with Gasteiger partial charge in [-0.3, -0.25) is 9.59 Å². The van der Waals surface area contributed by atoms with Gasteiger partial charge in [-0.15, -0.1) is 0 Å². The van der Waals surface area contributed by atoms with Crippen LogP contribution in [0, 0.1) is 17.5 Å². The number of ether oxygens (including phenoxy) is 2. The van der Waals surface area contributed by atoms with Crippen LogP contribution in [0.25, 0.3) is 0 Å². The number of hydrogen-bond acceptors (Lipinski definition) is 4. The van der Waals surface area contributed by atoms with E-state index in [2.05, 4.69) is 0 Å². The molecule has 1 unspecified atom stereocenters. The number of carbonyl (C=O) groups is 2. The summed E-state index contributed by atoms with van der Waals surface area (Å²) in [4.78, 5) is 25.8.